The number of carbonyl (C=O) groups excluding carboxylic acids is 1. The lowest BCUT2D eigenvalue weighted by Crippen LogP contribution is -2.11. The number of anilines is 1. The number of carbonyl (C=O) groups is 1. The average Bonchev–Trinajstić information content (AvgIpc) is 3.24. The van der Waals surface area contributed by atoms with E-state index in [1.54, 1.807) is 12.4 Å². The van der Waals surface area contributed by atoms with Crippen LogP contribution in [-0.2, 0) is 4.79 Å². The molecule has 3 heterocycles. The molecule has 3 rings (SSSR count). The molecule has 1 saturated heterocycles. The molecule has 0 saturated carbocycles. The van der Waals surface area contributed by atoms with Gasteiger partial charge in [0.1, 0.15) is 0 Å². The van der Waals surface area contributed by atoms with Crippen LogP contribution >= 0.6 is 32.9 Å². The third-order valence-electron chi connectivity index (χ3n) is 3.62. The minimum Gasteiger partial charge on any atom is -0.302 e. The first-order valence-electron chi connectivity index (χ1n) is 7.75. The van der Waals surface area contributed by atoms with Gasteiger partial charge in [-0.1, -0.05) is 28.0 Å². The summed E-state index contributed by atoms with van der Waals surface area (Å²) in [5.41, 5.74) is 1.82. The Bertz CT molecular complexity index is 627. The van der Waals surface area contributed by atoms with Gasteiger partial charge in [-0.25, -0.2) is 4.98 Å². The lowest BCUT2D eigenvalue weighted by atomic mass is 10.1. The number of nitrogens with zero attached hydrogens (tertiary/aromatic N) is 2. The Morgan fingerprint density at radius 3 is 3.13 bits per heavy atom. The highest BCUT2D eigenvalue weighted by atomic mass is 33.1. The second-order valence-electron chi connectivity index (χ2n) is 5.40. The first kappa shape index (κ1) is 16.8. The van der Waals surface area contributed by atoms with Gasteiger partial charge in [0.15, 0.2) is 5.13 Å². The van der Waals surface area contributed by atoms with Crippen LogP contribution in [0.4, 0.5) is 5.13 Å². The lowest BCUT2D eigenvalue weighted by Gasteiger charge is -2.06. The summed E-state index contributed by atoms with van der Waals surface area (Å²) in [6.07, 6.45) is 8.72. The number of pyridine rings is 1. The number of amides is 1. The van der Waals surface area contributed by atoms with E-state index in [0.29, 0.717) is 11.6 Å². The van der Waals surface area contributed by atoms with Gasteiger partial charge in [0.25, 0.3) is 0 Å². The first-order chi connectivity index (χ1) is 11.3. The molecule has 2 aromatic heterocycles. The van der Waals surface area contributed by atoms with Crippen molar-refractivity contribution in [2.75, 3.05) is 11.1 Å². The van der Waals surface area contributed by atoms with Crippen molar-refractivity contribution >= 4 is 44.0 Å². The average molecular weight is 366 g/mol. The second-order valence-corrected chi connectivity index (χ2v) is 9.05. The molecule has 1 atom stereocenters. The Morgan fingerprint density at radius 1 is 1.39 bits per heavy atom. The Balaban J connectivity index is 1.40. The SMILES string of the molecule is O=C(CCCCC1CCSS1)Nc1nc(-c2cccnc2)cs1. The number of hydrogen-bond acceptors (Lipinski definition) is 6. The van der Waals surface area contributed by atoms with Crippen molar-refractivity contribution in [1.29, 1.82) is 0 Å². The highest BCUT2D eigenvalue weighted by Crippen LogP contribution is 2.39. The third-order valence-corrected chi connectivity index (χ3v) is 7.38. The van der Waals surface area contributed by atoms with Crippen LogP contribution in [0, 0.1) is 0 Å². The number of thiazole rings is 1. The van der Waals surface area contributed by atoms with E-state index >= 15 is 0 Å². The van der Waals surface area contributed by atoms with Gasteiger partial charge < -0.3 is 5.32 Å². The molecule has 7 heteroatoms. The molecular formula is C16H19N3OS3. The zero-order valence-electron chi connectivity index (χ0n) is 12.7. The number of nitrogens with one attached hydrogen (secondary N) is 1. The summed E-state index contributed by atoms with van der Waals surface area (Å²) < 4.78 is 0. The molecule has 1 aliphatic heterocycles. The van der Waals surface area contributed by atoms with Crippen molar-refractivity contribution in [3.63, 3.8) is 0 Å². The van der Waals surface area contributed by atoms with Crippen LogP contribution in [0.15, 0.2) is 29.9 Å². The fraction of sp³-hybridized carbons (Fsp3) is 0.438. The Labute approximate surface area is 148 Å². The molecule has 1 unspecified atom stereocenters. The molecule has 0 aromatic carbocycles. The van der Waals surface area contributed by atoms with Gasteiger partial charge in [0.05, 0.1) is 5.69 Å². The first-order valence-corrected chi connectivity index (χ1v) is 11.0. The monoisotopic (exact) mass is 365 g/mol. The summed E-state index contributed by atoms with van der Waals surface area (Å²) in [5, 5.41) is 6.30. The molecule has 0 bridgehead atoms. The van der Waals surface area contributed by atoms with Crippen molar-refractivity contribution in [3.05, 3.63) is 29.9 Å². The molecule has 122 valence electrons. The van der Waals surface area contributed by atoms with E-state index in [0.717, 1.165) is 29.3 Å². The summed E-state index contributed by atoms with van der Waals surface area (Å²) in [4.78, 5) is 20.5. The molecule has 1 N–H and O–H groups in total. The van der Waals surface area contributed by atoms with Crippen molar-refractivity contribution in [2.24, 2.45) is 0 Å². The van der Waals surface area contributed by atoms with Gasteiger partial charge in [-0.15, -0.1) is 11.3 Å². The highest BCUT2D eigenvalue weighted by Gasteiger charge is 2.16. The lowest BCUT2D eigenvalue weighted by molar-refractivity contribution is -0.116. The summed E-state index contributed by atoms with van der Waals surface area (Å²) >= 11 is 1.46. The van der Waals surface area contributed by atoms with Gasteiger partial charge in [-0.3, -0.25) is 9.78 Å². The second kappa shape index (κ2) is 8.70. The molecule has 0 aliphatic carbocycles. The van der Waals surface area contributed by atoms with Crippen molar-refractivity contribution in [3.8, 4) is 11.3 Å². The highest BCUT2D eigenvalue weighted by molar-refractivity contribution is 8.77. The van der Waals surface area contributed by atoms with E-state index in [-0.39, 0.29) is 5.91 Å². The fourth-order valence-corrected chi connectivity index (χ4v) is 6.15. The maximum Gasteiger partial charge on any atom is 0.226 e. The van der Waals surface area contributed by atoms with E-state index in [9.17, 15) is 4.79 Å². The summed E-state index contributed by atoms with van der Waals surface area (Å²) in [6, 6.07) is 3.85. The standard InChI is InChI=1S/C16H19N3OS3/c20-15(6-2-1-5-13-7-9-22-23-13)19-16-18-14(11-21-16)12-4-3-8-17-10-12/h3-4,8,10-11,13H,1-2,5-7,9H2,(H,18,19,20). The summed E-state index contributed by atoms with van der Waals surface area (Å²) in [5.74, 6) is 1.34. The largest absolute Gasteiger partial charge is 0.302 e. The minimum absolute atomic E-state index is 0.0607. The van der Waals surface area contributed by atoms with E-state index in [4.69, 9.17) is 0 Å². The van der Waals surface area contributed by atoms with Crippen LogP contribution in [0.3, 0.4) is 0 Å². The molecule has 23 heavy (non-hydrogen) atoms. The third kappa shape index (κ3) is 5.22. The van der Waals surface area contributed by atoms with Crippen LogP contribution in [0.1, 0.15) is 32.1 Å². The number of aromatic nitrogens is 2. The minimum atomic E-state index is 0.0607. The number of unbranched alkanes of at least 4 members (excludes halogenated alkanes) is 1. The molecule has 0 spiro atoms. The van der Waals surface area contributed by atoms with Gasteiger partial charge in [0, 0.05) is 40.8 Å². The molecule has 1 fully saturated rings. The van der Waals surface area contributed by atoms with E-state index in [1.807, 2.05) is 39.1 Å². The van der Waals surface area contributed by atoms with Gasteiger partial charge in [-0.05, 0) is 31.4 Å². The van der Waals surface area contributed by atoms with Crippen LogP contribution in [0.2, 0.25) is 0 Å². The smallest absolute Gasteiger partial charge is 0.226 e. The Morgan fingerprint density at radius 2 is 2.35 bits per heavy atom. The summed E-state index contributed by atoms with van der Waals surface area (Å²) in [6.45, 7) is 0. The molecule has 0 radical (unpaired) electrons. The van der Waals surface area contributed by atoms with Crippen LogP contribution in [0.25, 0.3) is 11.3 Å². The topological polar surface area (TPSA) is 54.9 Å². The van der Waals surface area contributed by atoms with E-state index in [1.165, 1.54) is 29.9 Å². The van der Waals surface area contributed by atoms with Gasteiger partial charge in [-0.2, -0.15) is 0 Å². The quantitative estimate of drug-likeness (QED) is 0.561. The van der Waals surface area contributed by atoms with Crippen LogP contribution < -0.4 is 5.32 Å². The van der Waals surface area contributed by atoms with E-state index < -0.39 is 0 Å². The molecule has 1 aliphatic rings. The summed E-state index contributed by atoms with van der Waals surface area (Å²) in [7, 11) is 3.98. The van der Waals surface area contributed by atoms with Crippen molar-refractivity contribution in [2.45, 2.75) is 37.4 Å². The maximum absolute atomic E-state index is 12.0. The predicted molar refractivity (Wildman–Crippen MR) is 101 cm³/mol. The zero-order valence-corrected chi connectivity index (χ0v) is 15.2. The molecular weight excluding hydrogens is 346 g/mol. The normalized spacial score (nSPS) is 17.3. The molecule has 4 nitrogen and oxygen atoms in total. The Hall–Kier alpha value is -1.05. The van der Waals surface area contributed by atoms with Crippen molar-refractivity contribution < 1.29 is 4.79 Å². The van der Waals surface area contributed by atoms with Crippen LogP contribution in [0.5, 0.6) is 0 Å². The van der Waals surface area contributed by atoms with Crippen LogP contribution in [-0.4, -0.2) is 26.9 Å². The molecule has 1 amide bonds. The number of rotatable bonds is 7. The number of hydrogen-bond donors (Lipinski definition) is 1. The van der Waals surface area contributed by atoms with Gasteiger partial charge in [0.2, 0.25) is 5.91 Å². The van der Waals surface area contributed by atoms with Crippen molar-refractivity contribution in [1.82, 2.24) is 9.97 Å². The van der Waals surface area contributed by atoms with E-state index in [2.05, 4.69) is 15.3 Å². The zero-order chi connectivity index (χ0) is 15.9. The Kier molecular flexibility index (Phi) is 6.36. The molecule has 2 aromatic rings. The maximum atomic E-state index is 12.0. The predicted octanol–water partition coefficient (Wildman–Crippen LogP) is 4.86. The fourth-order valence-electron chi connectivity index (χ4n) is 2.38. The van der Waals surface area contributed by atoms with Gasteiger partial charge >= 0.3 is 0 Å².